The molecule has 1 fully saturated rings. The Labute approximate surface area is 168 Å². The number of hydrogen-bond donors (Lipinski definition) is 1. The van der Waals surface area contributed by atoms with Crippen molar-refractivity contribution in [1.29, 1.82) is 0 Å². The molecule has 25 heavy (non-hydrogen) atoms. The van der Waals surface area contributed by atoms with Gasteiger partial charge in [0.2, 0.25) is 0 Å². The average Bonchev–Trinajstić information content (AvgIpc) is 3.33. The Balaban J connectivity index is 0.00000225. The highest BCUT2D eigenvalue weighted by Gasteiger charge is 2.29. The molecule has 1 atom stereocenters. The number of rotatable bonds is 7. The van der Waals surface area contributed by atoms with Crippen molar-refractivity contribution in [3.8, 4) is 0 Å². The van der Waals surface area contributed by atoms with E-state index in [1.165, 1.54) is 12.8 Å². The van der Waals surface area contributed by atoms with E-state index in [4.69, 9.17) is 9.41 Å². The summed E-state index contributed by atoms with van der Waals surface area (Å²) in [6.07, 6.45) is 10.8. The van der Waals surface area contributed by atoms with E-state index in [1.807, 2.05) is 12.1 Å². The summed E-state index contributed by atoms with van der Waals surface area (Å²) in [4.78, 5) is 9.84. The molecule has 0 spiro atoms. The first-order valence-corrected chi connectivity index (χ1v) is 9.31. The Morgan fingerprint density at radius 2 is 2.20 bits per heavy atom. The second-order valence-corrected chi connectivity index (χ2v) is 6.63. The Kier molecular flexibility index (Phi) is 8.81. The zero-order valence-corrected chi connectivity index (χ0v) is 17.5. The summed E-state index contributed by atoms with van der Waals surface area (Å²) in [6, 6.07) is 4.63. The van der Waals surface area contributed by atoms with Crippen LogP contribution in [0.15, 0.2) is 40.0 Å². The first-order valence-electron chi connectivity index (χ1n) is 9.31. The highest BCUT2D eigenvalue weighted by molar-refractivity contribution is 14.0. The predicted molar refractivity (Wildman–Crippen MR) is 114 cm³/mol. The van der Waals surface area contributed by atoms with Crippen molar-refractivity contribution >= 4 is 29.9 Å². The average molecular weight is 458 g/mol. The van der Waals surface area contributed by atoms with E-state index < -0.39 is 0 Å². The zero-order valence-electron chi connectivity index (χ0n) is 15.2. The van der Waals surface area contributed by atoms with Crippen LogP contribution < -0.4 is 5.32 Å². The van der Waals surface area contributed by atoms with Crippen molar-refractivity contribution in [2.75, 3.05) is 39.3 Å². The van der Waals surface area contributed by atoms with Gasteiger partial charge in [0, 0.05) is 51.7 Å². The Bertz CT molecular complexity index is 536. The molecule has 3 heterocycles. The van der Waals surface area contributed by atoms with Crippen molar-refractivity contribution < 1.29 is 4.42 Å². The molecule has 140 valence electrons. The molecule has 0 bridgehead atoms. The van der Waals surface area contributed by atoms with Crippen molar-refractivity contribution in [3.63, 3.8) is 0 Å². The smallest absolute Gasteiger partial charge is 0.193 e. The van der Waals surface area contributed by atoms with Crippen LogP contribution in [0, 0.1) is 0 Å². The van der Waals surface area contributed by atoms with Gasteiger partial charge in [-0.25, -0.2) is 0 Å². The monoisotopic (exact) mass is 458 g/mol. The number of guanidine groups is 1. The van der Waals surface area contributed by atoms with Crippen molar-refractivity contribution in [1.82, 2.24) is 15.1 Å². The van der Waals surface area contributed by atoms with Crippen LogP contribution in [-0.4, -0.2) is 61.1 Å². The van der Waals surface area contributed by atoms with Gasteiger partial charge < -0.3 is 14.6 Å². The molecule has 6 heteroatoms. The van der Waals surface area contributed by atoms with E-state index >= 15 is 0 Å². The van der Waals surface area contributed by atoms with Gasteiger partial charge in [0.15, 0.2) is 5.96 Å². The molecule has 0 aliphatic carbocycles. The van der Waals surface area contributed by atoms with Gasteiger partial charge in [-0.1, -0.05) is 25.5 Å². The molecule has 0 amide bonds. The molecule has 0 saturated carbocycles. The van der Waals surface area contributed by atoms with E-state index in [2.05, 4.69) is 34.2 Å². The molecule has 1 saturated heterocycles. The fourth-order valence-electron chi connectivity index (χ4n) is 3.39. The van der Waals surface area contributed by atoms with Crippen molar-refractivity contribution in [2.45, 2.75) is 38.6 Å². The summed E-state index contributed by atoms with van der Waals surface area (Å²) in [5, 5.41) is 3.55. The van der Waals surface area contributed by atoms with Gasteiger partial charge >= 0.3 is 0 Å². The first-order chi connectivity index (χ1) is 11.9. The lowest BCUT2D eigenvalue weighted by Crippen LogP contribution is -2.43. The highest BCUT2D eigenvalue weighted by atomic mass is 127. The molecule has 1 unspecified atom stereocenters. The maximum absolute atomic E-state index is 5.42. The van der Waals surface area contributed by atoms with Crippen molar-refractivity contribution in [3.05, 3.63) is 36.3 Å². The second kappa shape index (κ2) is 10.9. The van der Waals surface area contributed by atoms with Crippen molar-refractivity contribution in [2.24, 2.45) is 4.99 Å². The van der Waals surface area contributed by atoms with Crippen LogP contribution in [0.2, 0.25) is 0 Å². The van der Waals surface area contributed by atoms with Crippen LogP contribution >= 0.6 is 24.0 Å². The number of nitrogens with zero attached hydrogens (tertiary/aromatic N) is 3. The Morgan fingerprint density at radius 1 is 1.36 bits per heavy atom. The van der Waals surface area contributed by atoms with Gasteiger partial charge in [0.25, 0.3) is 0 Å². The topological polar surface area (TPSA) is 44.0 Å². The van der Waals surface area contributed by atoms with Gasteiger partial charge in [0.1, 0.15) is 5.76 Å². The number of hydrogen-bond acceptors (Lipinski definition) is 3. The van der Waals surface area contributed by atoms with E-state index in [0.717, 1.165) is 63.8 Å². The van der Waals surface area contributed by atoms with E-state index in [1.54, 1.807) is 6.26 Å². The van der Waals surface area contributed by atoms with Gasteiger partial charge in [-0.15, -0.1) is 24.0 Å². The molecule has 1 N–H and O–H groups in total. The minimum absolute atomic E-state index is 0. The van der Waals surface area contributed by atoms with Crippen LogP contribution in [0.5, 0.6) is 0 Å². The highest BCUT2D eigenvalue weighted by Crippen LogP contribution is 2.18. The number of aliphatic imine (C=N–C) groups is 1. The lowest BCUT2D eigenvalue weighted by atomic mass is 10.2. The summed E-state index contributed by atoms with van der Waals surface area (Å²) < 4.78 is 5.42. The summed E-state index contributed by atoms with van der Waals surface area (Å²) >= 11 is 0. The number of nitrogens with one attached hydrogen (secondary N) is 1. The maximum Gasteiger partial charge on any atom is 0.193 e. The largest absolute Gasteiger partial charge is 0.469 e. The van der Waals surface area contributed by atoms with Gasteiger partial charge in [-0.3, -0.25) is 9.89 Å². The Morgan fingerprint density at radius 3 is 2.92 bits per heavy atom. The van der Waals surface area contributed by atoms with Gasteiger partial charge in [-0.2, -0.15) is 0 Å². The Hall–Kier alpha value is -1.02. The molecule has 2 aliphatic heterocycles. The lowest BCUT2D eigenvalue weighted by Gasteiger charge is -2.25. The summed E-state index contributed by atoms with van der Waals surface area (Å²) in [5.74, 6) is 2.10. The lowest BCUT2D eigenvalue weighted by molar-refractivity contribution is 0.259. The number of halogens is 1. The standard InChI is InChI=1S/C19H30N4O.HI/c1-2-3-10-20-19(21-11-8-18-7-6-15-24-18)23-14-9-17(16-23)22-12-4-5-13-22;/h4-7,15,17H,2-3,8-14,16H2,1H3,(H,20,21);1H. The van der Waals surface area contributed by atoms with Crippen LogP contribution in [0.3, 0.4) is 0 Å². The molecule has 1 aromatic rings. The first kappa shape index (κ1) is 20.3. The number of likely N-dealkylation sites (tertiary alicyclic amines) is 1. The number of unbranched alkanes of at least 4 members (excludes halogenated alkanes) is 1. The molecule has 1 aromatic heterocycles. The number of furan rings is 1. The normalized spacial score (nSPS) is 20.9. The second-order valence-electron chi connectivity index (χ2n) is 6.63. The van der Waals surface area contributed by atoms with E-state index in [0.29, 0.717) is 6.04 Å². The third-order valence-corrected chi connectivity index (χ3v) is 4.83. The van der Waals surface area contributed by atoms with Gasteiger partial charge in [0.05, 0.1) is 6.26 Å². The van der Waals surface area contributed by atoms with Crippen LogP contribution in [0.25, 0.3) is 0 Å². The molecule has 2 aliphatic rings. The van der Waals surface area contributed by atoms with Crippen LogP contribution in [0.4, 0.5) is 0 Å². The third kappa shape index (κ3) is 6.02. The summed E-state index contributed by atoms with van der Waals surface area (Å²) in [7, 11) is 0. The zero-order chi connectivity index (χ0) is 16.6. The molecule has 3 rings (SSSR count). The molecular formula is C19H31IN4O. The fraction of sp³-hybridized carbons (Fsp3) is 0.632. The molecule has 0 radical (unpaired) electrons. The SMILES string of the molecule is CCCCN=C(NCCc1ccco1)N1CCC(N2CC=CC2)C1.I. The molecule has 5 nitrogen and oxygen atoms in total. The van der Waals surface area contributed by atoms with Crippen LogP contribution in [0.1, 0.15) is 31.9 Å². The summed E-state index contributed by atoms with van der Waals surface area (Å²) in [5.41, 5.74) is 0. The minimum Gasteiger partial charge on any atom is -0.469 e. The van der Waals surface area contributed by atoms with E-state index in [9.17, 15) is 0 Å². The quantitative estimate of drug-likeness (QED) is 0.224. The maximum atomic E-state index is 5.42. The predicted octanol–water partition coefficient (Wildman–Crippen LogP) is 3.13. The molecule has 0 aromatic carbocycles. The van der Waals surface area contributed by atoms with Crippen LogP contribution in [-0.2, 0) is 6.42 Å². The fourth-order valence-corrected chi connectivity index (χ4v) is 3.39. The van der Waals surface area contributed by atoms with Gasteiger partial charge in [-0.05, 0) is 25.0 Å². The molecular weight excluding hydrogens is 427 g/mol. The minimum atomic E-state index is 0. The van der Waals surface area contributed by atoms with E-state index in [-0.39, 0.29) is 24.0 Å². The summed E-state index contributed by atoms with van der Waals surface area (Å²) in [6.45, 7) is 8.38. The third-order valence-electron chi connectivity index (χ3n) is 4.83.